The van der Waals surface area contributed by atoms with Crippen molar-refractivity contribution in [3.05, 3.63) is 77.6 Å². The second-order valence-electron chi connectivity index (χ2n) is 5.71. The normalized spacial score (nSPS) is 10.6. The van der Waals surface area contributed by atoms with Gasteiger partial charge < -0.3 is 5.32 Å². The molecular weight excluding hydrogens is 330 g/mol. The summed E-state index contributed by atoms with van der Waals surface area (Å²) in [5.41, 5.74) is 3.22. The molecule has 0 unspecified atom stereocenters. The van der Waals surface area contributed by atoms with Crippen LogP contribution in [0.5, 0.6) is 0 Å². The van der Waals surface area contributed by atoms with E-state index in [0.29, 0.717) is 12.1 Å². The van der Waals surface area contributed by atoms with E-state index in [1.807, 2.05) is 67.1 Å². The molecule has 0 radical (unpaired) electrons. The van der Waals surface area contributed by atoms with Gasteiger partial charge in [0.15, 0.2) is 0 Å². The minimum Gasteiger partial charge on any atom is -0.351 e. The molecule has 1 amide bonds. The molecule has 0 saturated carbocycles. The van der Waals surface area contributed by atoms with Crippen molar-refractivity contribution in [3.8, 4) is 5.69 Å². The fraction of sp³-hybridized carbons (Fsp3) is 0.200. The summed E-state index contributed by atoms with van der Waals surface area (Å²) in [6, 6.07) is 20.1. The fourth-order valence-electron chi connectivity index (χ4n) is 2.73. The van der Waals surface area contributed by atoms with Crippen molar-refractivity contribution in [1.29, 1.82) is 0 Å². The van der Waals surface area contributed by atoms with E-state index in [-0.39, 0.29) is 5.91 Å². The number of benzene rings is 2. The highest BCUT2D eigenvalue weighted by atomic mass is 32.2. The van der Waals surface area contributed by atoms with Gasteiger partial charge in [-0.15, -0.1) is 11.8 Å². The molecule has 0 aliphatic carbocycles. The van der Waals surface area contributed by atoms with Gasteiger partial charge in [0.05, 0.1) is 22.6 Å². The highest BCUT2D eigenvalue weighted by Gasteiger charge is 2.18. The monoisotopic (exact) mass is 351 g/mol. The third-order valence-corrected chi connectivity index (χ3v) is 4.93. The summed E-state index contributed by atoms with van der Waals surface area (Å²) >= 11 is 1.73. The summed E-state index contributed by atoms with van der Waals surface area (Å²) in [5.74, 6) is 0.770. The van der Waals surface area contributed by atoms with Crippen LogP contribution in [0, 0.1) is 13.8 Å². The zero-order valence-electron chi connectivity index (χ0n) is 14.4. The lowest BCUT2D eigenvalue weighted by Gasteiger charge is -2.07. The number of nitrogens with zero attached hydrogens (tertiary/aromatic N) is 2. The smallest absolute Gasteiger partial charge is 0.255 e. The lowest BCUT2D eigenvalue weighted by molar-refractivity contribution is 0.0955. The summed E-state index contributed by atoms with van der Waals surface area (Å²) in [4.78, 5) is 13.8. The van der Waals surface area contributed by atoms with Crippen molar-refractivity contribution < 1.29 is 4.79 Å². The van der Waals surface area contributed by atoms with E-state index < -0.39 is 0 Å². The van der Waals surface area contributed by atoms with Crippen LogP contribution in [0.3, 0.4) is 0 Å². The molecule has 1 heterocycles. The van der Waals surface area contributed by atoms with Crippen LogP contribution in [-0.4, -0.2) is 28.0 Å². The first-order chi connectivity index (χ1) is 12.2. The molecule has 2 aromatic carbocycles. The van der Waals surface area contributed by atoms with E-state index in [2.05, 4.69) is 22.5 Å². The number of amides is 1. The molecular formula is C20H21N3OS. The van der Waals surface area contributed by atoms with Gasteiger partial charge in [0.25, 0.3) is 5.91 Å². The van der Waals surface area contributed by atoms with Crippen LogP contribution in [0.2, 0.25) is 0 Å². The lowest BCUT2D eigenvalue weighted by Crippen LogP contribution is -2.26. The van der Waals surface area contributed by atoms with Gasteiger partial charge in [0.1, 0.15) is 0 Å². The van der Waals surface area contributed by atoms with Crippen LogP contribution in [0.1, 0.15) is 21.7 Å². The van der Waals surface area contributed by atoms with E-state index in [9.17, 15) is 4.79 Å². The fourth-order valence-corrected chi connectivity index (χ4v) is 3.52. The first kappa shape index (κ1) is 17.3. The first-order valence-electron chi connectivity index (χ1n) is 8.24. The van der Waals surface area contributed by atoms with Crippen molar-refractivity contribution in [2.75, 3.05) is 12.3 Å². The summed E-state index contributed by atoms with van der Waals surface area (Å²) in [6.45, 7) is 4.43. The predicted octanol–water partition coefficient (Wildman–Crippen LogP) is 4.01. The lowest BCUT2D eigenvalue weighted by atomic mass is 10.2. The third kappa shape index (κ3) is 4.12. The maximum Gasteiger partial charge on any atom is 0.255 e. The summed E-state index contributed by atoms with van der Waals surface area (Å²) in [7, 11) is 0. The number of carbonyl (C=O) groups excluding carboxylic acids is 1. The Morgan fingerprint density at radius 2 is 1.68 bits per heavy atom. The van der Waals surface area contributed by atoms with Crippen LogP contribution in [0.15, 0.2) is 65.6 Å². The molecule has 0 bridgehead atoms. The molecule has 0 aliphatic heterocycles. The van der Waals surface area contributed by atoms with Gasteiger partial charge in [0, 0.05) is 17.2 Å². The second-order valence-corrected chi connectivity index (χ2v) is 6.88. The minimum atomic E-state index is -0.0640. The Hall–Kier alpha value is -2.53. The molecule has 1 aromatic heterocycles. The van der Waals surface area contributed by atoms with Gasteiger partial charge in [-0.2, -0.15) is 5.10 Å². The van der Waals surface area contributed by atoms with Gasteiger partial charge >= 0.3 is 0 Å². The van der Waals surface area contributed by atoms with Gasteiger partial charge in [-0.05, 0) is 38.1 Å². The van der Waals surface area contributed by atoms with E-state index in [0.717, 1.165) is 22.8 Å². The molecule has 0 aliphatic rings. The minimum absolute atomic E-state index is 0.0640. The number of rotatable bonds is 6. The van der Waals surface area contributed by atoms with Gasteiger partial charge in [-0.3, -0.25) is 4.79 Å². The maximum absolute atomic E-state index is 12.6. The highest BCUT2D eigenvalue weighted by molar-refractivity contribution is 7.99. The van der Waals surface area contributed by atoms with Crippen molar-refractivity contribution >= 4 is 17.7 Å². The highest BCUT2D eigenvalue weighted by Crippen LogP contribution is 2.18. The number of aromatic nitrogens is 2. The average molecular weight is 351 g/mol. The molecule has 25 heavy (non-hydrogen) atoms. The summed E-state index contributed by atoms with van der Waals surface area (Å²) in [5, 5.41) is 7.53. The standard InChI is InChI=1S/C20H21N3OS/c1-15-19(16(2)23(22-15)17-9-5-3-6-10-17)20(24)21-13-14-25-18-11-7-4-8-12-18/h3-12H,13-14H2,1-2H3,(H,21,24). The quantitative estimate of drug-likeness (QED) is 0.539. The Morgan fingerprint density at radius 3 is 2.36 bits per heavy atom. The van der Waals surface area contributed by atoms with Crippen molar-refractivity contribution in [2.24, 2.45) is 0 Å². The number of nitrogens with one attached hydrogen (secondary N) is 1. The van der Waals surface area contributed by atoms with E-state index in [1.54, 1.807) is 11.8 Å². The largest absolute Gasteiger partial charge is 0.351 e. The molecule has 3 aromatic rings. The predicted molar refractivity (Wildman–Crippen MR) is 103 cm³/mol. The molecule has 3 rings (SSSR count). The van der Waals surface area contributed by atoms with Gasteiger partial charge in [0.2, 0.25) is 0 Å². The van der Waals surface area contributed by atoms with Crippen molar-refractivity contribution in [2.45, 2.75) is 18.7 Å². The van der Waals surface area contributed by atoms with Crippen LogP contribution in [0.4, 0.5) is 0 Å². The molecule has 5 heteroatoms. The van der Waals surface area contributed by atoms with Crippen LogP contribution >= 0.6 is 11.8 Å². The van der Waals surface area contributed by atoms with Crippen molar-refractivity contribution in [1.82, 2.24) is 15.1 Å². The number of aryl methyl sites for hydroxylation is 1. The Morgan fingerprint density at radius 1 is 1.04 bits per heavy atom. The molecule has 0 saturated heterocycles. The van der Waals surface area contributed by atoms with Crippen LogP contribution in [0.25, 0.3) is 5.69 Å². The van der Waals surface area contributed by atoms with Crippen molar-refractivity contribution in [3.63, 3.8) is 0 Å². The number of hydrogen-bond donors (Lipinski definition) is 1. The van der Waals surface area contributed by atoms with Crippen LogP contribution < -0.4 is 5.32 Å². The number of hydrogen-bond acceptors (Lipinski definition) is 3. The zero-order chi connectivity index (χ0) is 17.6. The molecule has 1 N–H and O–H groups in total. The number of carbonyl (C=O) groups is 1. The SMILES string of the molecule is Cc1nn(-c2ccccc2)c(C)c1C(=O)NCCSc1ccccc1. The molecule has 0 spiro atoms. The number of thioether (sulfide) groups is 1. The Kier molecular flexibility index (Phi) is 5.56. The Bertz CT molecular complexity index is 844. The summed E-state index contributed by atoms with van der Waals surface area (Å²) < 4.78 is 1.82. The Labute approximate surface area is 152 Å². The van der Waals surface area contributed by atoms with Gasteiger partial charge in [-0.25, -0.2) is 4.68 Å². The topological polar surface area (TPSA) is 46.9 Å². The second kappa shape index (κ2) is 8.03. The third-order valence-electron chi connectivity index (χ3n) is 3.92. The van der Waals surface area contributed by atoms with E-state index in [4.69, 9.17) is 0 Å². The van der Waals surface area contributed by atoms with E-state index >= 15 is 0 Å². The molecule has 4 nitrogen and oxygen atoms in total. The molecule has 0 fully saturated rings. The maximum atomic E-state index is 12.6. The first-order valence-corrected chi connectivity index (χ1v) is 9.23. The van der Waals surface area contributed by atoms with E-state index in [1.165, 1.54) is 4.90 Å². The molecule has 0 atom stereocenters. The zero-order valence-corrected chi connectivity index (χ0v) is 15.2. The summed E-state index contributed by atoms with van der Waals surface area (Å²) in [6.07, 6.45) is 0. The van der Waals surface area contributed by atoms with Crippen LogP contribution in [-0.2, 0) is 0 Å². The number of para-hydroxylation sites is 1. The average Bonchev–Trinajstić information content (AvgIpc) is 2.94. The molecule has 128 valence electrons. The Balaban J connectivity index is 1.63. The van der Waals surface area contributed by atoms with Gasteiger partial charge in [-0.1, -0.05) is 36.4 Å².